The maximum atomic E-state index is 11.0. The minimum Gasteiger partial charge on any atom is -0.419 e. The third kappa shape index (κ3) is 2.49. The van der Waals surface area contributed by atoms with Gasteiger partial charge in [-0.05, 0) is 6.07 Å². The molecule has 0 atom stereocenters. The molecule has 0 bridgehead atoms. The fourth-order valence-corrected chi connectivity index (χ4v) is 1.61. The van der Waals surface area contributed by atoms with E-state index in [1.54, 1.807) is 18.2 Å². The summed E-state index contributed by atoms with van der Waals surface area (Å²) >= 11 is 0. The van der Waals surface area contributed by atoms with Gasteiger partial charge in [0.1, 0.15) is 11.6 Å². The fraction of sp³-hybridized carbons (Fsp3) is 0.0769. The maximum Gasteiger partial charge on any atom is 0.282 e. The molecule has 2 rings (SSSR count). The van der Waals surface area contributed by atoms with Crippen molar-refractivity contribution in [1.29, 1.82) is 5.26 Å². The highest BCUT2D eigenvalue weighted by Crippen LogP contribution is 2.31. The van der Waals surface area contributed by atoms with Crippen LogP contribution >= 0.6 is 0 Å². The molecule has 0 unspecified atom stereocenters. The van der Waals surface area contributed by atoms with E-state index in [9.17, 15) is 10.1 Å². The van der Waals surface area contributed by atoms with Crippen molar-refractivity contribution in [1.82, 2.24) is 4.98 Å². The molecule has 0 aliphatic carbocycles. The molecule has 20 heavy (non-hydrogen) atoms. The summed E-state index contributed by atoms with van der Waals surface area (Å²) in [4.78, 5) is 14.4. The number of oxazole rings is 1. The summed E-state index contributed by atoms with van der Waals surface area (Å²) < 4.78 is 5.39. The van der Waals surface area contributed by atoms with Crippen LogP contribution in [0.3, 0.4) is 0 Å². The molecule has 0 saturated heterocycles. The van der Waals surface area contributed by atoms with E-state index in [0.29, 0.717) is 6.54 Å². The van der Waals surface area contributed by atoms with E-state index in [0.717, 1.165) is 0 Å². The average molecular weight is 270 g/mol. The third-order valence-corrected chi connectivity index (χ3v) is 2.47. The second-order valence-electron chi connectivity index (χ2n) is 3.75. The number of aromatic nitrogens is 1. The maximum absolute atomic E-state index is 11.0. The fourth-order valence-electron chi connectivity index (χ4n) is 1.61. The highest BCUT2D eigenvalue weighted by molar-refractivity contribution is 5.68. The van der Waals surface area contributed by atoms with E-state index in [1.165, 1.54) is 12.1 Å². The number of nitriles is 1. The predicted molar refractivity (Wildman–Crippen MR) is 72.0 cm³/mol. The number of anilines is 1. The molecule has 1 aromatic carbocycles. The molecule has 0 amide bonds. The number of rotatable bonds is 5. The Morgan fingerprint density at radius 3 is 2.95 bits per heavy atom. The molecule has 1 N–H and O–H groups in total. The average Bonchev–Trinajstić information content (AvgIpc) is 2.88. The summed E-state index contributed by atoms with van der Waals surface area (Å²) in [6.07, 6.45) is 1.59. The van der Waals surface area contributed by atoms with Crippen molar-refractivity contribution in [2.75, 3.05) is 11.9 Å². The Balaban J connectivity index is 2.49. The van der Waals surface area contributed by atoms with E-state index in [1.807, 2.05) is 6.07 Å². The first-order chi connectivity index (χ1) is 9.67. The molecular formula is C13H10N4O3. The van der Waals surface area contributed by atoms with E-state index < -0.39 is 4.92 Å². The molecular weight excluding hydrogens is 260 g/mol. The van der Waals surface area contributed by atoms with Gasteiger partial charge in [-0.15, -0.1) is 6.58 Å². The summed E-state index contributed by atoms with van der Waals surface area (Å²) in [5.74, 6) is 0.195. The van der Waals surface area contributed by atoms with Crippen LogP contribution in [0.15, 0.2) is 41.3 Å². The number of benzene rings is 1. The van der Waals surface area contributed by atoms with Crippen molar-refractivity contribution in [2.45, 2.75) is 0 Å². The minimum absolute atomic E-state index is 0.0282. The molecule has 0 saturated carbocycles. The van der Waals surface area contributed by atoms with Crippen molar-refractivity contribution in [3.63, 3.8) is 0 Å². The van der Waals surface area contributed by atoms with Gasteiger partial charge in [0.15, 0.2) is 0 Å². The molecule has 0 fully saturated rings. The van der Waals surface area contributed by atoms with Crippen LogP contribution in [0.2, 0.25) is 0 Å². The number of para-hydroxylation sites is 1. The Morgan fingerprint density at radius 2 is 2.30 bits per heavy atom. The predicted octanol–water partition coefficient (Wildman–Crippen LogP) is 2.72. The minimum atomic E-state index is -0.525. The molecule has 2 aromatic rings. The highest BCUT2D eigenvalue weighted by atomic mass is 16.6. The van der Waals surface area contributed by atoms with Gasteiger partial charge in [0.05, 0.1) is 4.92 Å². The van der Waals surface area contributed by atoms with Crippen LogP contribution in [0.4, 0.5) is 11.6 Å². The normalized spacial score (nSPS) is 9.75. The monoisotopic (exact) mass is 270 g/mol. The SMILES string of the molecule is C=CCNc1oc(-c2ccccc2[N+](=O)[O-])nc1C#N. The Labute approximate surface area is 114 Å². The molecule has 0 spiro atoms. The van der Waals surface area contributed by atoms with Crippen LogP contribution in [0, 0.1) is 21.4 Å². The molecule has 0 radical (unpaired) electrons. The first-order valence-electron chi connectivity index (χ1n) is 5.67. The lowest BCUT2D eigenvalue weighted by Gasteiger charge is -1.98. The number of nitrogens with zero attached hydrogens (tertiary/aromatic N) is 3. The van der Waals surface area contributed by atoms with E-state index >= 15 is 0 Å². The van der Waals surface area contributed by atoms with Crippen molar-refractivity contribution >= 4 is 11.6 Å². The summed E-state index contributed by atoms with van der Waals surface area (Å²) in [7, 11) is 0. The Bertz CT molecular complexity index is 700. The van der Waals surface area contributed by atoms with Crippen LogP contribution in [-0.2, 0) is 0 Å². The Kier molecular flexibility index (Phi) is 3.77. The molecule has 7 nitrogen and oxygen atoms in total. The van der Waals surface area contributed by atoms with Gasteiger partial charge in [-0.2, -0.15) is 10.2 Å². The van der Waals surface area contributed by atoms with E-state index in [-0.39, 0.29) is 28.7 Å². The lowest BCUT2D eigenvalue weighted by atomic mass is 10.2. The van der Waals surface area contributed by atoms with E-state index in [2.05, 4.69) is 16.9 Å². The smallest absolute Gasteiger partial charge is 0.282 e. The molecule has 0 aliphatic heterocycles. The van der Waals surface area contributed by atoms with Gasteiger partial charge in [-0.3, -0.25) is 10.1 Å². The third-order valence-electron chi connectivity index (χ3n) is 2.47. The molecule has 0 aliphatic rings. The summed E-state index contributed by atoms with van der Waals surface area (Å²) in [6.45, 7) is 3.93. The van der Waals surface area contributed by atoms with Gasteiger partial charge in [0, 0.05) is 12.6 Å². The van der Waals surface area contributed by atoms with Crippen LogP contribution in [0.5, 0.6) is 0 Å². The zero-order chi connectivity index (χ0) is 14.5. The lowest BCUT2D eigenvalue weighted by molar-refractivity contribution is -0.384. The quantitative estimate of drug-likeness (QED) is 0.508. The zero-order valence-corrected chi connectivity index (χ0v) is 10.4. The Hall–Kier alpha value is -3.14. The van der Waals surface area contributed by atoms with Gasteiger partial charge >= 0.3 is 0 Å². The largest absolute Gasteiger partial charge is 0.419 e. The van der Waals surface area contributed by atoms with Crippen molar-refractivity contribution in [3.05, 3.63) is 52.7 Å². The van der Waals surface area contributed by atoms with Gasteiger partial charge in [-0.1, -0.05) is 18.2 Å². The number of hydrogen-bond acceptors (Lipinski definition) is 6. The van der Waals surface area contributed by atoms with Crippen molar-refractivity contribution < 1.29 is 9.34 Å². The first kappa shape index (κ1) is 13.3. The lowest BCUT2D eigenvalue weighted by Crippen LogP contribution is -1.97. The van der Waals surface area contributed by atoms with Crippen LogP contribution < -0.4 is 5.32 Å². The number of hydrogen-bond donors (Lipinski definition) is 1. The van der Waals surface area contributed by atoms with Gasteiger partial charge in [-0.25, -0.2) is 0 Å². The summed E-state index contributed by atoms with van der Waals surface area (Å²) in [5.41, 5.74) is 0.133. The molecule has 7 heteroatoms. The van der Waals surface area contributed by atoms with E-state index in [4.69, 9.17) is 9.68 Å². The van der Waals surface area contributed by atoms with Crippen molar-refractivity contribution in [2.24, 2.45) is 0 Å². The standard InChI is InChI=1S/C13H10N4O3/c1-2-7-15-13-10(8-14)16-12(20-13)9-5-3-4-6-11(9)17(18)19/h2-6,15H,1,7H2. The number of nitro groups is 1. The van der Waals surface area contributed by atoms with Crippen molar-refractivity contribution in [3.8, 4) is 17.5 Å². The number of nitro benzene ring substituents is 1. The summed E-state index contributed by atoms with van der Waals surface area (Å²) in [5, 5.41) is 22.8. The second-order valence-corrected chi connectivity index (χ2v) is 3.75. The van der Waals surface area contributed by atoms with Crippen LogP contribution in [0.1, 0.15) is 5.69 Å². The Morgan fingerprint density at radius 1 is 1.55 bits per heavy atom. The molecule has 1 heterocycles. The zero-order valence-electron chi connectivity index (χ0n) is 10.4. The van der Waals surface area contributed by atoms with Gasteiger partial charge < -0.3 is 9.73 Å². The first-order valence-corrected chi connectivity index (χ1v) is 5.67. The molecule has 1 aromatic heterocycles. The number of nitrogens with one attached hydrogen (secondary N) is 1. The topological polar surface area (TPSA) is 105 Å². The molecule has 100 valence electrons. The second kappa shape index (κ2) is 5.67. The van der Waals surface area contributed by atoms with Crippen LogP contribution in [-0.4, -0.2) is 16.5 Å². The van der Waals surface area contributed by atoms with Gasteiger partial charge in [0.2, 0.25) is 17.5 Å². The summed E-state index contributed by atoms with van der Waals surface area (Å²) in [6, 6.07) is 7.92. The van der Waals surface area contributed by atoms with Crippen LogP contribution in [0.25, 0.3) is 11.5 Å². The highest BCUT2D eigenvalue weighted by Gasteiger charge is 2.21. The van der Waals surface area contributed by atoms with Gasteiger partial charge in [0.25, 0.3) is 5.69 Å².